The highest BCUT2D eigenvalue weighted by atomic mass is 35.5. The van der Waals surface area contributed by atoms with Gasteiger partial charge in [-0.2, -0.15) is 0 Å². The topological polar surface area (TPSA) is 75.7 Å². The number of rotatable bonds is 7. The van der Waals surface area contributed by atoms with E-state index in [4.69, 9.17) is 16.3 Å². The molecule has 1 aromatic carbocycles. The number of hydrogen-bond acceptors (Lipinski definition) is 4. The van der Waals surface area contributed by atoms with E-state index in [9.17, 15) is 13.2 Å². The van der Waals surface area contributed by atoms with Crippen molar-refractivity contribution < 1.29 is 17.9 Å². The monoisotopic (exact) mass is 388 g/mol. The number of benzene rings is 1. The number of amides is 1. The van der Waals surface area contributed by atoms with Crippen LogP contribution in [0, 0.1) is 0 Å². The maximum Gasteiger partial charge on any atom is 0.255 e. The summed E-state index contributed by atoms with van der Waals surface area (Å²) in [6, 6.07) is 4.82. The van der Waals surface area contributed by atoms with E-state index in [1.54, 1.807) is 18.2 Å². The Morgan fingerprint density at radius 3 is 2.64 bits per heavy atom. The van der Waals surface area contributed by atoms with Gasteiger partial charge in [0.05, 0.1) is 18.4 Å². The molecular formula is C17H25ClN2O4S. The average molecular weight is 389 g/mol. The molecule has 1 aliphatic rings. The van der Waals surface area contributed by atoms with Gasteiger partial charge in [-0.25, -0.2) is 12.7 Å². The van der Waals surface area contributed by atoms with Crippen molar-refractivity contribution in [3.05, 3.63) is 28.8 Å². The zero-order chi connectivity index (χ0) is 18.4. The minimum absolute atomic E-state index is 0.0613. The van der Waals surface area contributed by atoms with Gasteiger partial charge in [-0.05, 0) is 37.5 Å². The second kappa shape index (κ2) is 8.87. The van der Waals surface area contributed by atoms with E-state index in [2.05, 4.69) is 5.32 Å². The Kier molecular flexibility index (Phi) is 7.10. The Morgan fingerprint density at radius 1 is 1.36 bits per heavy atom. The predicted molar refractivity (Wildman–Crippen MR) is 98.8 cm³/mol. The molecule has 0 aliphatic carbocycles. The Bertz CT molecular complexity index is 701. The lowest BCUT2D eigenvalue weighted by Crippen LogP contribution is -2.47. The van der Waals surface area contributed by atoms with E-state index < -0.39 is 10.0 Å². The number of unbranched alkanes of at least 4 members (excludes halogenated alkanes) is 1. The molecule has 0 spiro atoms. The van der Waals surface area contributed by atoms with Crippen LogP contribution in [-0.2, 0) is 10.0 Å². The van der Waals surface area contributed by atoms with E-state index in [0.29, 0.717) is 48.7 Å². The number of sulfonamides is 1. The van der Waals surface area contributed by atoms with E-state index >= 15 is 0 Å². The van der Waals surface area contributed by atoms with Gasteiger partial charge in [-0.3, -0.25) is 4.79 Å². The minimum atomic E-state index is -3.18. The third-order valence-corrected chi connectivity index (χ3v) is 6.54. The summed E-state index contributed by atoms with van der Waals surface area (Å²) in [6.45, 7) is 2.84. The van der Waals surface area contributed by atoms with Crippen LogP contribution in [0.3, 0.4) is 0 Å². The number of carbonyl (C=O) groups excluding carboxylic acids is 1. The van der Waals surface area contributed by atoms with Crippen molar-refractivity contribution in [3.8, 4) is 5.75 Å². The van der Waals surface area contributed by atoms with Gasteiger partial charge in [0.25, 0.3) is 5.91 Å². The lowest BCUT2D eigenvalue weighted by Gasteiger charge is -2.31. The molecule has 1 N–H and O–H groups in total. The molecule has 1 aliphatic heterocycles. The Balaban J connectivity index is 1.94. The standard InChI is InChI=1S/C17H25ClN2O4S/c1-3-4-11-25(22,23)20-9-7-14(8-10-20)19-17(21)15-12-13(18)5-6-16(15)24-2/h5-6,12,14H,3-4,7-11H2,1-2H3,(H,19,21). The lowest BCUT2D eigenvalue weighted by molar-refractivity contribution is 0.0921. The molecule has 1 amide bonds. The number of ether oxygens (including phenoxy) is 1. The van der Waals surface area contributed by atoms with E-state index in [1.165, 1.54) is 11.4 Å². The molecule has 1 heterocycles. The number of hydrogen-bond donors (Lipinski definition) is 1. The molecule has 0 saturated carbocycles. The third kappa shape index (κ3) is 5.33. The first-order valence-electron chi connectivity index (χ1n) is 8.49. The van der Waals surface area contributed by atoms with Crippen molar-refractivity contribution in [2.45, 2.75) is 38.6 Å². The van der Waals surface area contributed by atoms with Crippen LogP contribution in [0.5, 0.6) is 5.75 Å². The summed E-state index contributed by atoms with van der Waals surface area (Å²) < 4.78 is 31.2. The second-order valence-corrected chi connectivity index (χ2v) is 8.69. The molecular weight excluding hydrogens is 364 g/mol. The largest absolute Gasteiger partial charge is 0.496 e. The van der Waals surface area contributed by atoms with Crippen LogP contribution in [0.25, 0.3) is 0 Å². The Morgan fingerprint density at radius 2 is 2.04 bits per heavy atom. The van der Waals surface area contributed by atoms with Crippen molar-refractivity contribution in [2.75, 3.05) is 26.0 Å². The highest BCUT2D eigenvalue weighted by Gasteiger charge is 2.28. The Labute approximate surface area is 154 Å². The summed E-state index contributed by atoms with van der Waals surface area (Å²) >= 11 is 5.96. The van der Waals surface area contributed by atoms with Crippen molar-refractivity contribution in [1.82, 2.24) is 9.62 Å². The molecule has 8 heteroatoms. The number of nitrogens with zero attached hydrogens (tertiary/aromatic N) is 1. The molecule has 0 atom stereocenters. The second-order valence-electron chi connectivity index (χ2n) is 6.16. The van der Waals surface area contributed by atoms with Gasteiger partial charge in [-0.15, -0.1) is 0 Å². The molecule has 0 aromatic heterocycles. The van der Waals surface area contributed by atoms with Crippen molar-refractivity contribution in [2.24, 2.45) is 0 Å². The van der Waals surface area contributed by atoms with Gasteiger partial charge in [-0.1, -0.05) is 24.9 Å². The van der Waals surface area contributed by atoms with Crippen molar-refractivity contribution in [1.29, 1.82) is 0 Å². The maximum absolute atomic E-state index is 12.5. The molecule has 0 bridgehead atoms. The maximum atomic E-state index is 12.5. The predicted octanol–water partition coefficient (Wildman–Crippen LogP) is 2.67. The van der Waals surface area contributed by atoms with Crippen LogP contribution in [0.1, 0.15) is 43.0 Å². The normalized spacial score (nSPS) is 16.6. The quantitative estimate of drug-likeness (QED) is 0.779. The third-order valence-electron chi connectivity index (χ3n) is 4.34. The van der Waals surface area contributed by atoms with Crippen LogP contribution < -0.4 is 10.1 Å². The molecule has 0 unspecified atom stereocenters. The number of nitrogens with one attached hydrogen (secondary N) is 1. The minimum Gasteiger partial charge on any atom is -0.496 e. The van der Waals surface area contributed by atoms with Crippen LogP contribution in [-0.4, -0.2) is 50.6 Å². The van der Waals surface area contributed by atoms with Crippen molar-refractivity contribution >= 4 is 27.5 Å². The summed E-state index contributed by atoms with van der Waals surface area (Å²) in [5.74, 6) is 0.397. The van der Waals surface area contributed by atoms with Crippen LogP contribution in [0.15, 0.2) is 18.2 Å². The zero-order valence-electron chi connectivity index (χ0n) is 14.6. The van der Waals surface area contributed by atoms with E-state index in [1.807, 2.05) is 6.92 Å². The first-order valence-corrected chi connectivity index (χ1v) is 10.5. The highest BCUT2D eigenvalue weighted by molar-refractivity contribution is 7.89. The number of piperidine rings is 1. The summed E-state index contributed by atoms with van der Waals surface area (Å²) in [4.78, 5) is 12.5. The van der Waals surface area contributed by atoms with Gasteiger partial charge >= 0.3 is 0 Å². The number of methoxy groups -OCH3 is 1. The van der Waals surface area contributed by atoms with Crippen LogP contribution in [0.2, 0.25) is 5.02 Å². The number of halogens is 1. The Hall–Kier alpha value is -1.31. The van der Waals surface area contributed by atoms with Gasteiger partial charge in [0, 0.05) is 24.2 Å². The van der Waals surface area contributed by atoms with Crippen LogP contribution >= 0.6 is 11.6 Å². The zero-order valence-corrected chi connectivity index (χ0v) is 16.2. The molecule has 25 heavy (non-hydrogen) atoms. The molecule has 1 fully saturated rings. The van der Waals surface area contributed by atoms with E-state index in [0.717, 1.165) is 6.42 Å². The van der Waals surface area contributed by atoms with Gasteiger partial charge < -0.3 is 10.1 Å². The summed E-state index contributed by atoms with van der Waals surface area (Å²) in [6.07, 6.45) is 2.72. The smallest absolute Gasteiger partial charge is 0.255 e. The average Bonchev–Trinajstić information content (AvgIpc) is 2.60. The lowest BCUT2D eigenvalue weighted by atomic mass is 10.1. The SMILES string of the molecule is CCCCS(=O)(=O)N1CCC(NC(=O)c2cc(Cl)ccc2OC)CC1. The molecule has 6 nitrogen and oxygen atoms in total. The molecule has 2 rings (SSSR count). The molecule has 1 saturated heterocycles. The fraction of sp³-hybridized carbons (Fsp3) is 0.588. The highest BCUT2D eigenvalue weighted by Crippen LogP contribution is 2.23. The van der Waals surface area contributed by atoms with Gasteiger partial charge in [0.2, 0.25) is 10.0 Å². The molecule has 1 aromatic rings. The number of carbonyl (C=O) groups is 1. The van der Waals surface area contributed by atoms with Crippen LogP contribution in [0.4, 0.5) is 0 Å². The fourth-order valence-electron chi connectivity index (χ4n) is 2.85. The first kappa shape index (κ1) is 20.0. The summed E-state index contributed by atoms with van der Waals surface area (Å²) in [5.41, 5.74) is 0.382. The molecule has 140 valence electrons. The van der Waals surface area contributed by atoms with Gasteiger partial charge in [0.15, 0.2) is 0 Å². The fourth-order valence-corrected chi connectivity index (χ4v) is 4.71. The summed E-state index contributed by atoms with van der Waals surface area (Å²) in [5, 5.41) is 3.41. The van der Waals surface area contributed by atoms with Crippen molar-refractivity contribution in [3.63, 3.8) is 0 Å². The first-order chi connectivity index (χ1) is 11.9. The van der Waals surface area contributed by atoms with E-state index in [-0.39, 0.29) is 17.7 Å². The molecule has 0 radical (unpaired) electrons. The summed E-state index contributed by atoms with van der Waals surface area (Å²) in [7, 11) is -1.68. The van der Waals surface area contributed by atoms with Gasteiger partial charge in [0.1, 0.15) is 5.75 Å².